The van der Waals surface area contributed by atoms with Crippen molar-refractivity contribution in [1.82, 2.24) is 19.9 Å². The van der Waals surface area contributed by atoms with Crippen LogP contribution in [0.4, 0.5) is 18.9 Å². The maximum Gasteiger partial charge on any atom is 0.416 e. The summed E-state index contributed by atoms with van der Waals surface area (Å²) in [5.41, 5.74) is -2.29. The fourth-order valence-electron chi connectivity index (χ4n) is 7.18. The minimum absolute atomic E-state index is 0.0251. The summed E-state index contributed by atoms with van der Waals surface area (Å²) in [6.45, 7) is -0.0405. The smallest absolute Gasteiger partial charge is 0.416 e. The van der Waals surface area contributed by atoms with E-state index in [-0.39, 0.29) is 31.5 Å². The molecule has 2 aliphatic heterocycles. The number of carbonyl (C=O) groups excluding carboxylic acids is 3. The average molecular weight is 740 g/mol. The van der Waals surface area contributed by atoms with Crippen LogP contribution < -0.4 is 20.1 Å². The second-order valence-electron chi connectivity index (χ2n) is 14.1. The van der Waals surface area contributed by atoms with Gasteiger partial charge in [0.25, 0.3) is 5.91 Å². The summed E-state index contributed by atoms with van der Waals surface area (Å²) >= 11 is 0. The topological polar surface area (TPSA) is 147 Å². The molecule has 2 saturated carbocycles. The van der Waals surface area contributed by atoms with Crippen molar-refractivity contribution in [2.45, 2.75) is 92.9 Å². The Hall–Kier alpha value is -4.66. The lowest BCUT2D eigenvalue weighted by atomic mass is 10.0. The molecule has 3 aromatic rings. The maximum atomic E-state index is 14.5. The van der Waals surface area contributed by atoms with Crippen LogP contribution in [0.15, 0.2) is 72.9 Å². The van der Waals surface area contributed by atoms with E-state index in [4.69, 9.17) is 4.74 Å². The molecule has 11 nitrogen and oxygen atoms in total. The Balaban J connectivity index is 1.20. The maximum absolute atomic E-state index is 14.5. The SMILES string of the molecule is O=C1N[C@]2(C(=O)NS(=O)(=O)C3CC3)C[C@H]2/C=C\CCCCC[C@H](Nc2cccc(C(F)(F)F)c2)C(=O)N2C[C@H](Oc3nccc4ccccc34)C[C@@H]12. The number of hydrogen-bond donors (Lipinski definition) is 3. The number of nitrogens with zero attached hydrogens (tertiary/aromatic N) is 2. The first-order chi connectivity index (χ1) is 24.8. The standard InChI is InChI=1S/C37H40F3N5O6S/c38-37(39,40)24-11-8-12-26(19-24)42-30-14-5-3-1-2-4-10-25-21-36(25,35(48)44-52(49,50)28-15-16-28)43-32(46)31-20-27(22-45(31)34(30)47)51-33-29-13-7-6-9-23(29)17-18-41-33/h4,6-13,17-19,25,27-28,30-31,42H,1-3,5,14-16,20-22H2,(H,43,46)(H,44,48)/b10-4-/t25-,27-,30+,31+,36-/m1/s1. The van der Waals surface area contributed by atoms with Crippen LogP contribution in [0.25, 0.3) is 10.8 Å². The fraction of sp³-hybridized carbons (Fsp3) is 0.459. The molecule has 276 valence electrons. The van der Waals surface area contributed by atoms with Crippen LogP contribution in [0, 0.1) is 5.92 Å². The summed E-state index contributed by atoms with van der Waals surface area (Å²) in [6, 6.07) is 11.8. The molecule has 0 radical (unpaired) electrons. The van der Waals surface area contributed by atoms with Crippen LogP contribution in [-0.2, 0) is 30.6 Å². The van der Waals surface area contributed by atoms with E-state index < -0.39 is 74.4 Å². The Bertz CT molecular complexity index is 2000. The number of aromatic nitrogens is 1. The number of fused-ring (bicyclic) bond motifs is 3. The summed E-state index contributed by atoms with van der Waals surface area (Å²) in [4.78, 5) is 48.2. The van der Waals surface area contributed by atoms with Crippen molar-refractivity contribution >= 4 is 44.2 Å². The van der Waals surface area contributed by atoms with Gasteiger partial charge in [0.1, 0.15) is 23.7 Å². The highest BCUT2D eigenvalue weighted by Crippen LogP contribution is 2.46. The van der Waals surface area contributed by atoms with Crippen molar-refractivity contribution in [1.29, 1.82) is 0 Å². The Morgan fingerprint density at radius 1 is 1.02 bits per heavy atom. The van der Waals surface area contributed by atoms with E-state index in [1.807, 2.05) is 42.5 Å². The van der Waals surface area contributed by atoms with Crippen LogP contribution in [0.2, 0.25) is 0 Å². The van der Waals surface area contributed by atoms with Crippen molar-refractivity contribution in [3.05, 3.63) is 78.5 Å². The Morgan fingerprint density at radius 3 is 2.62 bits per heavy atom. The number of halogens is 3. The Labute approximate surface area is 299 Å². The van der Waals surface area contributed by atoms with Gasteiger partial charge in [-0.1, -0.05) is 49.3 Å². The summed E-state index contributed by atoms with van der Waals surface area (Å²) < 4.78 is 74.9. The van der Waals surface area contributed by atoms with Crippen LogP contribution in [-0.4, -0.2) is 71.5 Å². The van der Waals surface area contributed by atoms with Gasteiger partial charge in [-0.05, 0) is 74.2 Å². The molecule has 4 aliphatic rings. The largest absolute Gasteiger partial charge is 0.472 e. The number of rotatable bonds is 7. The molecule has 7 rings (SSSR count). The molecule has 1 saturated heterocycles. The van der Waals surface area contributed by atoms with Crippen molar-refractivity contribution in [2.24, 2.45) is 5.92 Å². The molecule has 3 fully saturated rings. The molecule has 2 aromatic carbocycles. The van der Waals surface area contributed by atoms with Crippen LogP contribution in [0.1, 0.15) is 63.4 Å². The van der Waals surface area contributed by atoms with E-state index in [1.54, 1.807) is 6.20 Å². The molecule has 5 atom stereocenters. The highest BCUT2D eigenvalue weighted by Gasteiger charge is 2.62. The van der Waals surface area contributed by atoms with Crippen molar-refractivity contribution < 1.29 is 40.7 Å². The molecule has 1 aromatic heterocycles. The van der Waals surface area contributed by atoms with Crippen LogP contribution >= 0.6 is 0 Å². The van der Waals surface area contributed by atoms with Gasteiger partial charge in [0.15, 0.2) is 0 Å². The second kappa shape index (κ2) is 14.1. The van der Waals surface area contributed by atoms with Crippen molar-refractivity contribution in [2.75, 3.05) is 11.9 Å². The minimum atomic E-state index is -4.59. The number of carbonyl (C=O) groups is 3. The molecule has 15 heteroatoms. The van der Waals surface area contributed by atoms with E-state index >= 15 is 0 Å². The molecule has 3 amide bonds. The first-order valence-corrected chi connectivity index (χ1v) is 19.2. The number of pyridine rings is 1. The molecule has 0 bridgehead atoms. The third kappa shape index (κ3) is 7.59. The molecular weight excluding hydrogens is 699 g/mol. The Morgan fingerprint density at radius 2 is 1.83 bits per heavy atom. The van der Waals surface area contributed by atoms with Gasteiger partial charge in [-0.15, -0.1) is 0 Å². The summed E-state index contributed by atoms with van der Waals surface area (Å²) in [5.74, 6) is -2.13. The predicted molar refractivity (Wildman–Crippen MR) is 186 cm³/mol. The zero-order chi connectivity index (χ0) is 36.7. The van der Waals surface area contributed by atoms with E-state index in [0.717, 1.165) is 29.3 Å². The number of allylic oxidation sites excluding steroid dienone is 1. The summed E-state index contributed by atoms with van der Waals surface area (Å²) in [7, 11) is -3.91. The number of hydrogen-bond acceptors (Lipinski definition) is 8. The average Bonchev–Trinajstić information content (AvgIpc) is 4.04. The van der Waals surface area contributed by atoms with Gasteiger partial charge in [0.05, 0.1) is 17.4 Å². The quantitative estimate of drug-likeness (QED) is 0.285. The predicted octanol–water partition coefficient (Wildman–Crippen LogP) is 5.09. The van der Waals surface area contributed by atoms with Gasteiger partial charge in [-0.25, -0.2) is 13.4 Å². The number of alkyl halides is 3. The lowest BCUT2D eigenvalue weighted by molar-refractivity contribution is -0.140. The number of anilines is 1. The molecule has 2 aliphatic carbocycles. The zero-order valence-corrected chi connectivity index (χ0v) is 29.1. The number of amides is 3. The van der Waals surface area contributed by atoms with Crippen molar-refractivity contribution in [3.63, 3.8) is 0 Å². The zero-order valence-electron chi connectivity index (χ0n) is 28.3. The molecule has 3 heterocycles. The van der Waals surface area contributed by atoms with Gasteiger partial charge < -0.3 is 20.3 Å². The molecule has 0 unspecified atom stereocenters. The number of sulfonamides is 1. The van der Waals surface area contributed by atoms with Crippen LogP contribution in [0.3, 0.4) is 0 Å². The van der Waals surface area contributed by atoms with Gasteiger partial charge in [-0.2, -0.15) is 13.2 Å². The molecular formula is C37H40F3N5O6S. The summed E-state index contributed by atoms with van der Waals surface area (Å²) in [6.07, 6.45) is 4.13. The van der Waals surface area contributed by atoms with E-state index in [0.29, 0.717) is 38.0 Å². The first kappa shape index (κ1) is 35.7. The molecule has 52 heavy (non-hydrogen) atoms. The molecule has 3 N–H and O–H groups in total. The van der Waals surface area contributed by atoms with Gasteiger partial charge in [-0.3, -0.25) is 19.1 Å². The third-order valence-corrected chi connectivity index (χ3v) is 12.1. The first-order valence-electron chi connectivity index (χ1n) is 17.6. The summed E-state index contributed by atoms with van der Waals surface area (Å²) in [5, 5.41) is 6.81. The third-order valence-electron chi connectivity index (χ3n) is 10.3. The minimum Gasteiger partial charge on any atom is -0.472 e. The molecule has 0 spiro atoms. The normalized spacial score (nSPS) is 27.7. The highest BCUT2D eigenvalue weighted by molar-refractivity contribution is 7.91. The number of ether oxygens (including phenoxy) is 1. The van der Waals surface area contributed by atoms with E-state index in [1.165, 1.54) is 17.0 Å². The van der Waals surface area contributed by atoms with Crippen molar-refractivity contribution in [3.8, 4) is 5.88 Å². The second-order valence-corrected chi connectivity index (χ2v) is 16.1. The van der Waals surface area contributed by atoms with Gasteiger partial charge >= 0.3 is 6.18 Å². The highest BCUT2D eigenvalue weighted by atomic mass is 32.2. The lowest BCUT2D eigenvalue weighted by Crippen LogP contribution is -2.57. The lowest BCUT2D eigenvalue weighted by Gasteiger charge is -2.30. The monoisotopic (exact) mass is 739 g/mol. The number of benzene rings is 2. The Kier molecular flexibility index (Phi) is 9.65. The van der Waals surface area contributed by atoms with Crippen LogP contribution in [0.5, 0.6) is 5.88 Å². The van der Waals surface area contributed by atoms with E-state index in [9.17, 15) is 36.0 Å². The van der Waals surface area contributed by atoms with Gasteiger partial charge in [0, 0.05) is 29.6 Å². The number of nitrogens with one attached hydrogen (secondary N) is 3. The van der Waals surface area contributed by atoms with Gasteiger partial charge in [0.2, 0.25) is 27.7 Å². The fourth-order valence-corrected chi connectivity index (χ4v) is 8.54. The van der Waals surface area contributed by atoms with E-state index in [2.05, 4.69) is 20.3 Å².